The van der Waals surface area contributed by atoms with Gasteiger partial charge >= 0.3 is 0 Å². The molecule has 0 bridgehead atoms. The van der Waals surface area contributed by atoms with Gasteiger partial charge in [-0.05, 0) is 23.6 Å². The van der Waals surface area contributed by atoms with E-state index < -0.39 is 20.2 Å². The number of nitro groups is 3. The summed E-state index contributed by atoms with van der Waals surface area (Å²) in [5, 5.41) is 32.9. The summed E-state index contributed by atoms with van der Waals surface area (Å²) < 4.78 is 0. The zero-order valence-corrected chi connectivity index (χ0v) is 14.9. The zero-order chi connectivity index (χ0) is 21.2. The van der Waals surface area contributed by atoms with Crippen LogP contribution in [0.5, 0.6) is 0 Å². The Labute approximate surface area is 164 Å². The van der Waals surface area contributed by atoms with Gasteiger partial charge in [-0.3, -0.25) is 30.3 Å². The average Bonchev–Trinajstić information content (AvgIpc) is 2.73. The minimum absolute atomic E-state index is 0.0940. The predicted octanol–water partition coefficient (Wildman–Crippen LogP) is 4.58. The predicted molar refractivity (Wildman–Crippen MR) is 105 cm³/mol. The number of nitro benzene ring substituents is 3. The number of rotatable bonds is 6. The first-order valence-corrected chi connectivity index (χ1v) is 8.33. The molecular formula is C20H14N3O6. The number of non-ortho nitro benzene ring substituents is 3. The maximum Gasteiger partial charge on any atom is 0.269 e. The highest BCUT2D eigenvalue weighted by molar-refractivity contribution is 5.55. The van der Waals surface area contributed by atoms with Crippen molar-refractivity contribution in [3.63, 3.8) is 0 Å². The molecule has 29 heavy (non-hydrogen) atoms. The van der Waals surface area contributed by atoms with Gasteiger partial charge in [-0.15, -0.1) is 0 Å². The molecule has 1 radical (unpaired) electrons. The molecule has 0 aliphatic rings. The lowest BCUT2D eigenvalue weighted by molar-refractivity contribution is -0.385. The maximum absolute atomic E-state index is 11.0. The quantitative estimate of drug-likeness (QED) is 0.343. The van der Waals surface area contributed by atoms with Crippen molar-refractivity contribution in [1.82, 2.24) is 0 Å². The molecule has 3 rings (SSSR count). The fraction of sp³-hybridized carbons (Fsp3) is 0.0500. The van der Waals surface area contributed by atoms with E-state index in [2.05, 4.69) is 6.92 Å². The lowest BCUT2D eigenvalue weighted by atomic mass is 9.71. The topological polar surface area (TPSA) is 129 Å². The van der Waals surface area contributed by atoms with E-state index >= 15 is 0 Å². The summed E-state index contributed by atoms with van der Waals surface area (Å²) in [6.45, 7) is 4.29. The first kappa shape index (κ1) is 19.6. The van der Waals surface area contributed by atoms with Crippen molar-refractivity contribution in [3.05, 3.63) is 127 Å². The molecule has 3 aromatic carbocycles. The van der Waals surface area contributed by atoms with E-state index in [9.17, 15) is 30.3 Å². The van der Waals surface area contributed by atoms with Gasteiger partial charge in [-0.1, -0.05) is 36.4 Å². The van der Waals surface area contributed by atoms with Crippen LogP contribution < -0.4 is 0 Å². The summed E-state index contributed by atoms with van der Waals surface area (Å²) in [6.07, 6.45) is 0. The van der Waals surface area contributed by atoms with Crippen molar-refractivity contribution in [3.8, 4) is 0 Å². The molecule has 0 atom stereocenters. The molecule has 0 spiro atoms. The number of benzene rings is 3. The Morgan fingerprint density at radius 2 is 0.724 bits per heavy atom. The van der Waals surface area contributed by atoms with Crippen molar-refractivity contribution in [2.45, 2.75) is 5.41 Å². The molecule has 0 aromatic heterocycles. The van der Waals surface area contributed by atoms with Gasteiger partial charge in [0.05, 0.1) is 14.8 Å². The van der Waals surface area contributed by atoms with Crippen LogP contribution in [0, 0.1) is 37.3 Å². The molecule has 0 amide bonds. The van der Waals surface area contributed by atoms with E-state index in [1.807, 2.05) is 0 Å². The first-order valence-electron chi connectivity index (χ1n) is 8.33. The first-order chi connectivity index (χ1) is 13.7. The van der Waals surface area contributed by atoms with E-state index in [-0.39, 0.29) is 17.1 Å². The van der Waals surface area contributed by atoms with Crippen LogP contribution in [0.2, 0.25) is 0 Å². The van der Waals surface area contributed by atoms with Crippen LogP contribution in [0.3, 0.4) is 0 Å². The van der Waals surface area contributed by atoms with Gasteiger partial charge in [0, 0.05) is 41.8 Å². The molecule has 3 aromatic rings. The SMILES string of the molecule is [CH2]C(c1ccc([N+](=O)[O-])cc1)(c1ccc([N+](=O)[O-])cc1)c1ccc([N+](=O)[O-])cc1. The summed E-state index contributed by atoms with van der Waals surface area (Å²) >= 11 is 0. The highest BCUT2D eigenvalue weighted by Crippen LogP contribution is 2.40. The summed E-state index contributed by atoms with van der Waals surface area (Å²) in [7, 11) is 0. The lowest BCUT2D eigenvalue weighted by Crippen LogP contribution is -2.25. The third kappa shape index (κ3) is 3.65. The van der Waals surface area contributed by atoms with Crippen LogP contribution in [0.15, 0.2) is 72.8 Å². The third-order valence-electron chi connectivity index (χ3n) is 4.71. The highest BCUT2D eigenvalue weighted by atomic mass is 16.6. The van der Waals surface area contributed by atoms with Gasteiger partial charge in [0.25, 0.3) is 17.1 Å². The van der Waals surface area contributed by atoms with E-state index in [0.717, 1.165) is 0 Å². The standard InChI is InChI=1S/C20H14N3O6/c1-20(14-2-8-17(9-3-14)21(24)25,15-4-10-18(11-5-15)22(26)27)16-6-12-19(13-7-16)23(28)29/h2-13H,1H2. The van der Waals surface area contributed by atoms with Gasteiger partial charge in [0.2, 0.25) is 0 Å². The molecule has 0 saturated carbocycles. The van der Waals surface area contributed by atoms with E-state index in [4.69, 9.17) is 0 Å². The van der Waals surface area contributed by atoms with Gasteiger partial charge in [-0.25, -0.2) is 0 Å². The molecule has 145 valence electrons. The number of hydrogen-bond acceptors (Lipinski definition) is 6. The molecule has 9 nitrogen and oxygen atoms in total. The van der Waals surface area contributed by atoms with Crippen LogP contribution in [0.25, 0.3) is 0 Å². The van der Waals surface area contributed by atoms with Crippen LogP contribution in [-0.2, 0) is 5.41 Å². The fourth-order valence-electron chi connectivity index (χ4n) is 3.10. The second-order valence-corrected chi connectivity index (χ2v) is 6.32. The Morgan fingerprint density at radius 1 is 0.517 bits per heavy atom. The summed E-state index contributed by atoms with van der Waals surface area (Å²) in [4.78, 5) is 31.3. The van der Waals surface area contributed by atoms with E-state index in [1.165, 1.54) is 36.4 Å². The third-order valence-corrected chi connectivity index (χ3v) is 4.71. The van der Waals surface area contributed by atoms with Crippen molar-refractivity contribution < 1.29 is 14.8 Å². The van der Waals surface area contributed by atoms with Crippen LogP contribution in [0.4, 0.5) is 17.1 Å². The van der Waals surface area contributed by atoms with Gasteiger partial charge in [0.1, 0.15) is 0 Å². The van der Waals surface area contributed by atoms with Gasteiger partial charge < -0.3 is 0 Å². The second kappa shape index (κ2) is 7.47. The largest absolute Gasteiger partial charge is 0.269 e. The second-order valence-electron chi connectivity index (χ2n) is 6.32. The molecule has 0 aliphatic heterocycles. The Bertz CT molecular complexity index is 937. The van der Waals surface area contributed by atoms with Gasteiger partial charge in [0.15, 0.2) is 0 Å². The molecule has 0 N–H and O–H groups in total. The number of nitrogens with zero attached hydrogens (tertiary/aromatic N) is 3. The Hall–Kier alpha value is -4.14. The molecule has 0 fully saturated rings. The van der Waals surface area contributed by atoms with Crippen molar-refractivity contribution in [1.29, 1.82) is 0 Å². The normalized spacial score (nSPS) is 11.1. The van der Waals surface area contributed by atoms with E-state index in [0.29, 0.717) is 16.7 Å². The molecular weight excluding hydrogens is 378 g/mol. The van der Waals surface area contributed by atoms with Crippen molar-refractivity contribution in [2.75, 3.05) is 0 Å². The molecule has 0 unspecified atom stereocenters. The fourth-order valence-corrected chi connectivity index (χ4v) is 3.10. The average molecular weight is 392 g/mol. The molecule has 9 heteroatoms. The minimum Gasteiger partial charge on any atom is -0.258 e. The van der Waals surface area contributed by atoms with Crippen LogP contribution in [-0.4, -0.2) is 14.8 Å². The van der Waals surface area contributed by atoms with Gasteiger partial charge in [-0.2, -0.15) is 0 Å². The van der Waals surface area contributed by atoms with Crippen molar-refractivity contribution >= 4 is 17.1 Å². The molecule has 0 aliphatic carbocycles. The van der Waals surface area contributed by atoms with Crippen LogP contribution in [0.1, 0.15) is 16.7 Å². The van der Waals surface area contributed by atoms with Crippen LogP contribution >= 0.6 is 0 Å². The number of hydrogen-bond donors (Lipinski definition) is 0. The Morgan fingerprint density at radius 3 is 0.897 bits per heavy atom. The Balaban J connectivity index is 2.18. The summed E-state index contributed by atoms with van der Waals surface area (Å²) in [6, 6.07) is 17.3. The minimum atomic E-state index is -1.10. The summed E-state index contributed by atoms with van der Waals surface area (Å²) in [5.41, 5.74) is 0.386. The monoisotopic (exact) mass is 392 g/mol. The summed E-state index contributed by atoms with van der Waals surface area (Å²) in [5.74, 6) is 0. The van der Waals surface area contributed by atoms with Crippen molar-refractivity contribution in [2.24, 2.45) is 0 Å². The molecule has 0 heterocycles. The Kier molecular flexibility index (Phi) is 5.05. The van der Waals surface area contributed by atoms with E-state index in [1.54, 1.807) is 36.4 Å². The smallest absolute Gasteiger partial charge is 0.258 e. The maximum atomic E-state index is 11.0. The molecule has 0 saturated heterocycles. The zero-order valence-electron chi connectivity index (χ0n) is 14.9. The highest BCUT2D eigenvalue weighted by Gasteiger charge is 2.32. The lowest BCUT2D eigenvalue weighted by Gasteiger charge is -2.31.